The molecular formula is C40H28BBr3O2. The van der Waals surface area contributed by atoms with Crippen molar-refractivity contribution in [2.45, 2.75) is 0 Å². The van der Waals surface area contributed by atoms with Gasteiger partial charge in [-0.2, -0.15) is 0 Å². The van der Waals surface area contributed by atoms with Gasteiger partial charge in [-0.15, -0.1) is 0 Å². The van der Waals surface area contributed by atoms with Crippen LogP contribution >= 0.6 is 47.8 Å². The molecule has 0 saturated carbocycles. The molecule has 8 aromatic rings. The van der Waals surface area contributed by atoms with Gasteiger partial charge in [0, 0.05) is 13.4 Å². The third kappa shape index (κ3) is 7.95. The molecule has 8 aromatic carbocycles. The number of hydrogen-bond acceptors (Lipinski definition) is 2. The summed E-state index contributed by atoms with van der Waals surface area (Å²) in [5.41, 5.74) is 3.05. The maximum atomic E-state index is 8.94. The van der Waals surface area contributed by atoms with Crippen LogP contribution in [0.5, 0.6) is 0 Å². The smallest absolute Gasteiger partial charge is 0.423 e. The highest BCUT2D eigenvalue weighted by Crippen LogP contribution is 2.29. The van der Waals surface area contributed by atoms with E-state index in [4.69, 9.17) is 10.0 Å². The first-order valence-electron chi connectivity index (χ1n) is 14.7. The Morgan fingerprint density at radius 2 is 0.652 bits per heavy atom. The highest BCUT2D eigenvalue weighted by molar-refractivity contribution is 9.11. The molecule has 8 rings (SSSR count). The lowest BCUT2D eigenvalue weighted by atomic mass is 9.79. The van der Waals surface area contributed by atoms with E-state index in [2.05, 4.69) is 163 Å². The summed E-state index contributed by atoms with van der Waals surface area (Å²) >= 11 is 10.4. The Labute approximate surface area is 293 Å². The minimum Gasteiger partial charge on any atom is -0.423 e. The van der Waals surface area contributed by atoms with Crippen molar-refractivity contribution in [3.8, 4) is 11.1 Å². The van der Waals surface area contributed by atoms with Crippen molar-refractivity contribution in [2.75, 3.05) is 0 Å². The Bertz CT molecular complexity index is 2260. The van der Waals surface area contributed by atoms with Crippen LogP contribution in [0.25, 0.3) is 54.2 Å². The molecule has 0 atom stereocenters. The fourth-order valence-corrected chi connectivity index (χ4v) is 6.46. The fraction of sp³-hybridized carbons (Fsp3) is 0. The molecule has 0 heterocycles. The van der Waals surface area contributed by atoms with E-state index in [1.165, 1.54) is 43.4 Å². The molecule has 0 aliphatic rings. The van der Waals surface area contributed by atoms with E-state index >= 15 is 0 Å². The summed E-state index contributed by atoms with van der Waals surface area (Å²) in [7, 11) is -1.38. The van der Waals surface area contributed by atoms with Crippen LogP contribution < -0.4 is 5.46 Å². The van der Waals surface area contributed by atoms with Gasteiger partial charge in [-0.05, 0) is 108 Å². The van der Waals surface area contributed by atoms with E-state index in [1.54, 1.807) is 12.1 Å². The molecular weight excluding hydrogens is 763 g/mol. The van der Waals surface area contributed by atoms with Crippen LogP contribution in [-0.2, 0) is 0 Å². The SMILES string of the molecule is Brc1ccc2cc(-c3ccc4ccccc4c3)ccc2c1.Brc1ccc2cc(Br)ccc2c1.OB(O)c1ccc2ccccc2c1. The molecule has 0 aliphatic heterocycles. The summed E-state index contributed by atoms with van der Waals surface area (Å²) in [4.78, 5) is 0. The summed E-state index contributed by atoms with van der Waals surface area (Å²) in [6.45, 7) is 0. The average Bonchev–Trinajstić information content (AvgIpc) is 3.08. The Hall–Kier alpha value is -3.78. The second kappa shape index (κ2) is 14.8. The van der Waals surface area contributed by atoms with E-state index < -0.39 is 7.12 Å². The Morgan fingerprint density at radius 3 is 1.11 bits per heavy atom. The van der Waals surface area contributed by atoms with Gasteiger partial charge < -0.3 is 10.0 Å². The van der Waals surface area contributed by atoms with Crippen LogP contribution in [0.3, 0.4) is 0 Å². The van der Waals surface area contributed by atoms with E-state index in [0.29, 0.717) is 5.46 Å². The summed E-state index contributed by atoms with van der Waals surface area (Å²) in [6.07, 6.45) is 0. The van der Waals surface area contributed by atoms with Crippen molar-refractivity contribution >= 4 is 103 Å². The van der Waals surface area contributed by atoms with Crippen molar-refractivity contribution in [3.63, 3.8) is 0 Å². The van der Waals surface area contributed by atoms with E-state index in [0.717, 1.165) is 24.2 Å². The Morgan fingerprint density at radius 1 is 0.326 bits per heavy atom. The Balaban J connectivity index is 0.000000129. The lowest BCUT2D eigenvalue weighted by molar-refractivity contribution is 0.426. The molecule has 46 heavy (non-hydrogen) atoms. The summed E-state index contributed by atoms with van der Waals surface area (Å²) in [5.74, 6) is 0. The van der Waals surface area contributed by atoms with Gasteiger partial charge >= 0.3 is 7.12 Å². The van der Waals surface area contributed by atoms with Crippen molar-refractivity contribution in [1.82, 2.24) is 0 Å². The average molecular weight is 791 g/mol. The molecule has 6 heteroatoms. The van der Waals surface area contributed by atoms with Gasteiger partial charge in [-0.1, -0.05) is 157 Å². The second-order valence-electron chi connectivity index (χ2n) is 10.9. The zero-order valence-corrected chi connectivity index (χ0v) is 29.4. The highest BCUT2D eigenvalue weighted by Gasteiger charge is 2.10. The first-order chi connectivity index (χ1) is 22.3. The number of halogens is 3. The fourth-order valence-electron chi connectivity index (χ4n) is 5.32. The van der Waals surface area contributed by atoms with Gasteiger partial charge in [0.25, 0.3) is 0 Å². The van der Waals surface area contributed by atoms with Crippen LogP contribution in [0, 0.1) is 0 Å². The monoisotopic (exact) mass is 788 g/mol. The lowest BCUT2D eigenvalue weighted by Crippen LogP contribution is -2.29. The topological polar surface area (TPSA) is 40.5 Å². The molecule has 0 saturated heterocycles. The van der Waals surface area contributed by atoms with Gasteiger partial charge in [-0.25, -0.2) is 0 Å². The predicted molar refractivity (Wildman–Crippen MR) is 208 cm³/mol. The van der Waals surface area contributed by atoms with Crippen molar-refractivity contribution in [3.05, 3.63) is 171 Å². The van der Waals surface area contributed by atoms with Gasteiger partial charge in [0.1, 0.15) is 0 Å². The van der Waals surface area contributed by atoms with Gasteiger partial charge in [0.15, 0.2) is 0 Å². The highest BCUT2D eigenvalue weighted by atomic mass is 79.9. The van der Waals surface area contributed by atoms with Crippen LogP contribution in [0.2, 0.25) is 0 Å². The molecule has 0 amide bonds. The van der Waals surface area contributed by atoms with Gasteiger partial charge in [-0.3, -0.25) is 0 Å². The zero-order valence-electron chi connectivity index (χ0n) is 24.6. The van der Waals surface area contributed by atoms with Gasteiger partial charge in [0.2, 0.25) is 0 Å². The normalized spacial score (nSPS) is 10.7. The molecule has 0 fully saturated rings. The number of fused-ring (bicyclic) bond motifs is 4. The van der Waals surface area contributed by atoms with E-state index in [-0.39, 0.29) is 0 Å². The predicted octanol–water partition coefficient (Wildman–Crippen LogP) is 11.3. The second-order valence-corrected chi connectivity index (χ2v) is 13.6. The molecule has 0 aromatic heterocycles. The van der Waals surface area contributed by atoms with E-state index in [1.807, 2.05) is 30.3 Å². The van der Waals surface area contributed by atoms with Crippen LogP contribution in [0.15, 0.2) is 171 Å². The molecule has 0 aliphatic carbocycles. The molecule has 2 nitrogen and oxygen atoms in total. The quantitative estimate of drug-likeness (QED) is 0.171. The molecule has 0 bridgehead atoms. The molecule has 0 radical (unpaired) electrons. The molecule has 0 unspecified atom stereocenters. The van der Waals surface area contributed by atoms with Crippen LogP contribution in [0.1, 0.15) is 0 Å². The van der Waals surface area contributed by atoms with E-state index in [9.17, 15) is 0 Å². The van der Waals surface area contributed by atoms with Gasteiger partial charge in [0.05, 0.1) is 0 Å². The molecule has 224 valence electrons. The zero-order chi connectivity index (χ0) is 32.0. The third-order valence-corrected chi connectivity index (χ3v) is 9.20. The first kappa shape index (κ1) is 32.2. The molecule has 0 spiro atoms. The maximum Gasteiger partial charge on any atom is 0.488 e. The van der Waals surface area contributed by atoms with Crippen molar-refractivity contribution in [1.29, 1.82) is 0 Å². The Kier molecular flexibility index (Phi) is 10.3. The van der Waals surface area contributed by atoms with Crippen LogP contribution in [0.4, 0.5) is 0 Å². The lowest BCUT2D eigenvalue weighted by Gasteiger charge is -2.06. The van der Waals surface area contributed by atoms with Crippen LogP contribution in [-0.4, -0.2) is 17.2 Å². The minimum atomic E-state index is -1.38. The minimum absolute atomic E-state index is 0.527. The summed E-state index contributed by atoms with van der Waals surface area (Å²) in [5, 5.41) is 27.6. The number of hydrogen-bond donors (Lipinski definition) is 2. The maximum absolute atomic E-state index is 8.94. The first-order valence-corrected chi connectivity index (χ1v) is 17.1. The van der Waals surface area contributed by atoms with Crippen molar-refractivity contribution in [2.24, 2.45) is 0 Å². The standard InChI is InChI=1S/C20H13Br.C10H9BO2.C10H6Br2/c21-20-10-9-18-12-17(7-8-19(18)13-20)16-6-5-14-3-1-2-4-15(14)11-16;12-11(13)10-6-5-8-3-1-2-4-9(8)7-10;11-9-3-1-7-5-10(12)4-2-8(7)6-9/h1-13H;1-7,12-13H;1-6H. The number of rotatable bonds is 2. The summed E-state index contributed by atoms with van der Waals surface area (Å²) < 4.78 is 3.36. The summed E-state index contributed by atoms with van der Waals surface area (Å²) in [6, 6.07) is 53.9. The third-order valence-electron chi connectivity index (χ3n) is 7.72. The molecule has 2 N–H and O–H groups in total. The number of benzene rings is 8. The van der Waals surface area contributed by atoms with Crippen molar-refractivity contribution < 1.29 is 10.0 Å². The largest absolute Gasteiger partial charge is 0.488 e.